The van der Waals surface area contributed by atoms with Crippen molar-refractivity contribution in [2.24, 2.45) is 7.05 Å². The topological polar surface area (TPSA) is 72.2 Å². The zero-order valence-electron chi connectivity index (χ0n) is 9.24. The molecular weight excluding hydrogens is 196 g/mol. The van der Waals surface area contributed by atoms with Gasteiger partial charge >= 0.3 is 5.97 Å². The van der Waals surface area contributed by atoms with E-state index in [1.165, 1.54) is 10.9 Å². The summed E-state index contributed by atoms with van der Waals surface area (Å²) in [5.41, 5.74) is 0.330. The zero-order valence-corrected chi connectivity index (χ0v) is 9.24. The largest absolute Gasteiger partial charge is 0.475 e. The van der Waals surface area contributed by atoms with Gasteiger partial charge in [-0.3, -0.25) is 9.48 Å². The molecule has 0 unspecified atom stereocenters. The summed E-state index contributed by atoms with van der Waals surface area (Å²) in [7, 11) is 1.66. The van der Waals surface area contributed by atoms with Crippen LogP contribution in [0.15, 0.2) is 6.20 Å². The molecule has 0 radical (unpaired) electrons. The first-order chi connectivity index (χ1) is 6.73. The fraction of sp³-hybridized carbons (Fsp3) is 0.500. The van der Waals surface area contributed by atoms with E-state index in [9.17, 15) is 9.59 Å². The van der Waals surface area contributed by atoms with Crippen molar-refractivity contribution in [3.8, 4) is 0 Å². The van der Waals surface area contributed by atoms with E-state index < -0.39 is 11.8 Å². The standard InChI is InChI=1S/C10H14N2O3/c1-10(2,3)8-6(5-12(4)11-8)7(13)9(14)15/h5H,1-4H3,(H,14,15). The molecule has 5 heteroatoms. The Morgan fingerprint density at radius 1 is 1.40 bits per heavy atom. The van der Waals surface area contributed by atoms with Gasteiger partial charge in [-0.25, -0.2) is 4.79 Å². The summed E-state index contributed by atoms with van der Waals surface area (Å²) < 4.78 is 1.46. The van der Waals surface area contributed by atoms with E-state index in [0.717, 1.165) is 0 Å². The summed E-state index contributed by atoms with van der Waals surface area (Å²) in [5, 5.41) is 12.8. The molecule has 0 aliphatic carbocycles. The highest BCUT2D eigenvalue weighted by molar-refractivity contribution is 6.40. The normalized spacial score (nSPS) is 11.5. The van der Waals surface area contributed by atoms with Crippen molar-refractivity contribution in [2.45, 2.75) is 26.2 Å². The smallest absolute Gasteiger partial charge is 0.377 e. The molecule has 0 saturated heterocycles. The van der Waals surface area contributed by atoms with Crippen LogP contribution in [0.2, 0.25) is 0 Å². The SMILES string of the molecule is Cn1cc(C(=O)C(=O)O)c(C(C)(C)C)n1. The fourth-order valence-corrected chi connectivity index (χ4v) is 1.32. The predicted octanol–water partition coefficient (Wildman–Crippen LogP) is 0.985. The van der Waals surface area contributed by atoms with Gasteiger partial charge in [-0.2, -0.15) is 5.10 Å². The number of aryl methyl sites for hydroxylation is 1. The number of carboxylic acid groups (broad SMARTS) is 1. The van der Waals surface area contributed by atoms with Gasteiger partial charge in [0.1, 0.15) is 0 Å². The Bertz CT molecular complexity index is 413. The minimum absolute atomic E-state index is 0.164. The Balaban J connectivity index is 3.30. The average Bonchev–Trinajstić information content (AvgIpc) is 2.44. The van der Waals surface area contributed by atoms with Crippen LogP contribution in [0.4, 0.5) is 0 Å². The highest BCUT2D eigenvalue weighted by Crippen LogP contribution is 2.24. The number of carboxylic acids is 1. The number of aliphatic carboxylic acids is 1. The number of carbonyl (C=O) groups excluding carboxylic acids is 1. The molecule has 0 amide bonds. The second-order valence-electron chi connectivity index (χ2n) is 4.45. The quantitative estimate of drug-likeness (QED) is 0.583. The van der Waals surface area contributed by atoms with Gasteiger partial charge in [0, 0.05) is 18.7 Å². The lowest BCUT2D eigenvalue weighted by molar-refractivity contribution is -0.131. The molecule has 0 aliphatic rings. The number of hydrogen-bond acceptors (Lipinski definition) is 3. The Hall–Kier alpha value is -1.65. The van der Waals surface area contributed by atoms with E-state index >= 15 is 0 Å². The first-order valence-electron chi connectivity index (χ1n) is 4.55. The van der Waals surface area contributed by atoms with Crippen molar-refractivity contribution in [3.63, 3.8) is 0 Å². The van der Waals surface area contributed by atoms with E-state index in [1.54, 1.807) is 7.05 Å². The van der Waals surface area contributed by atoms with Crippen molar-refractivity contribution < 1.29 is 14.7 Å². The molecule has 1 aromatic heterocycles. The number of aromatic nitrogens is 2. The Labute approximate surface area is 87.7 Å². The van der Waals surface area contributed by atoms with E-state index in [2.05, 4.69) is 5.10 Å². The number of carbonyl (C=O) groups is 2. The Morgan fingerprint density at radius 2 is 1.93 bits per heavy atom. The van der Waals surface area contributed by atoms with Crippen LogP contribution in [-0.2, 0) is 17.3 Å². The summed E-state index contributed by atoms with van der Waals surface area (Å²) in [4.78, 5) is 22.0. The molecule has 1 heterocycles. The molecular formula is C10H14N2O3. The number of rotatable bonds is 2. The maximum absolute atomic E-state index is 11.4. The molecule has 0 fully saturated rings. The molecule has 0 bridgehead atoms. The van der Waals surface area contributed by atoms with E-state index in [-0.39, 0.29) is 11.0 Å². The van der Waals surface area contributed by atoms with Crippen LogP contribution >= 0.6 is 0 Å². The highest BCUT2D eigenvalue weighted by Gasteiger charge is 2.28. The molecule has 15 heavy (non-hydrogen) atoms. The van der Waals surface area contributed by atoms with Crippen molar-refractivity contribution in [2.75, 3.05) is 0 Å². The molecule has 1 N–H and O–H groups in total. The van der Waals surface area contributed by atoms with Crippen LogP contribution in [0.5, 0.6) is 0 Å². The molecule has 1 aromatic rings. The summed E-state index contributed by atoms with van der Waals surface area (Å²) in [6, 6.07) is 0. The maximum Gasteiger partial charge on any atom is 0.377 e. The van der Waals surface area contributed by atoms with Gasteiger partial charge in [-0.05, 0) is 0 Å². The summed E-state index contributed by atoms with van der Waals surface area (Å²) in [6.45, 7) is 5.65. The van der Waals surface area contributed by atoms with Crippen LogP contribution in [0, 0.1) is 0 Å². The lowest BCUT2D eigenvalue weighted by Crippen LogP contribution is -2.20. The number of Topliss-reactive ketones (excluding diaryl/α,β-unsaturated/α-hetero) is 1. The average molecular weight is 210 g/mol. The first-order valence-corrected chi connectivity index (χ1v) is 4.55. The molecule has 1 rings (SSSR count). The number of nitrogens with zero attached hydrogens (tertiary/aromatic N) is 2. The molecule has 0 aliphatic heterocycles. The minimum atomic E-state index is -1.45. The molecule has 0 aromatic carbocycles. The van der Waals surface area contributed by atoms with Gasteiger partial charge in [0.15, 0.2) is 0 Å². The van der Waals surface area contributed by atoms with Gasteiger partial charge in [0.2, 0.25) is 0 Å². The number of hydrogen-bond donors (Lipinski definition) is 1. The van der Waals surface area contributed by atoms with Gasteiger partial charge in [-0.15, -0.1) is 0 Å². The monoisotopic (exact) mass is 210 g/mol. The van der Waals surface area contributed by atoms with Crippen molar-refractivity contribution in [3.05, 3.63) is 17.5 Å². The third-order valence-electron chi connectivity index (χ3n) is 1.98. The van der Waals surface area contributed by atoms with E-state index in [4.69, 9.17) is 5.11 Å². The van der Waals surface area contributed by atoms with Gasteiger partial charge < -0.3 is 5.11 Å². The lowest BCUT2D eigenvalue weighted by Gasteiger charge is -2.16. The summed E-state index contributed by atoms with van der Waals surface area (Å²) >= 11 is 0. The minimum Gasteiger partial charge on any atom is -0.475 e. The molecule has 82 valence electrons. The molecule has 0 atom stereocenters. The van der Waals surface area contributed by atoms with Crippen LogP contribution in [0.1, 0.15) is 36.8 Å². The third-order valence-corrected chi connectivity index (χ3v) is 1.98. The second-order valence-corrected chi connectivity index (χ2v) is 4.45. The van der Waals surface area contributed by atoms with Crippen molar-refractivity contribution in [1.29, 1.82) is 0 Å². The van der Waals surface area contributed by atoms with Gasteiger partial charge in [-0.1, -0.05) is 20.8 Å². The fourth-order valence-electron chi connectivity index (χ4n) is 1.32. The predicted molar refractivity (Wildman–Crippen MR) is 53.9 cm³/mol. The van der Waals surface area contributed by atoms with Gasteiger partial charge in [0.05, 0.1) is 11.3 Å². The molecule has 0 saturated carbocycles. The molecule has 0 spiro atoms. The highest BCUT2D eigenvalue weighted by atomic mass is 16.4. The summed E-state index contributed by atoms with van der Waals surface area (Å²) in [6.07, 6.45) is 1.44. The van der Waals surface area contributed by atoms with Crippen LogP contribution in [0.25, 0.3) is 0 Å². The van der Waals surface area contributed by atoms with Crippen LogP contribution in [-0.4, -0.2) is 26.6 Å². The van der Waals surface area contributed by atoms with Crippen molar-refractivity contribution in [1.82, 2.24) is 9.78 Å². The summed E-state index contributed by atoms with van der Waals surface area (Å²) in [5.74, 6) is -2.36. The third kappa shape index (κ3) is 2.23. The lowest BCUT2D eigenvalue weighted by atomic mass is 9.88. The Morgan fingerprint density at radius 3 is 2.33 bits per heavy atom. The number of ketones is 1. The molecule has 5 nitrogen and oxygen atoms in total. The second kappa shape index (κ2) is 3.49. The first kappa shape index (κ1) is 11.4. The van der Waals surface area contributed by atoms with Gasteiger partial charge in [0.25, 0.3) is 5.78 Å². The van der Waals surface area contributed by atoms with Crippen LogP contribution in [0.3, 0.4) is 0 Å². The van der Waals surface area contributed by atoms with E-state index in [1.807, 2.05) is 20.8 Å². The van der Waals surface area contributed by atoms with Crippen molar-refractivity contribution >= 4 is 11.8 Å². The van der Waals surface area contributed by atoms with E-state index in [0.29, 0.717) is 5.69 Å². The maximum atomic E-state index is 11.4. The van der Waals surface area contributed by atoms with Crippen LogP contribution < -0.4 is 0 Å². The zero-order chi connectivity index (χ0) is 11.8. The Kier molecular flexibility index (Phi) is 2.66.